The Balaban J connectivity index is 1.44. The van der Waals surface area contributed by atoms with E-state index in [0.29, 0.717) is 24.6 Å². The summed E-state index contributed by atoms with van der Waals surface area (Å²) < 4.78 is 24.2. The normalized spacial score (nSPS) is 24.0. The number of halogens is 1. The third-order valence-corrected chi connectivity index (χ3v) is 7.15. The maximum atomic E-state index is 12.3. The number of rotatable bonds is 4. The molecule has 1 atom stereocenters. The van der Waals surface area contributed by atoms with Crippen LogP contribution in [0.2, 0.25) is 0 Å². The molecule has 2 N–H and O–H groups in total. The van der Waals surface area contributed by atoms with Crippen LogP contribution in [0.15, 0.2) is 28.7 Å². The molecule has 3 rings (SSSR count). The average molecular weight is 417 g/mol. The predicted octanol–water partition coefficient (Wildman–Crippen LogP) is -0.225. The van der Waals surface area contributed by atoms with E-state index in [2.05, 4.69) is 21.2 Å². The minimum absolute atomic E-state index is 0.0935. The van der Waals surface area contributed by atoms with Crippen LogP contribution in [0.4, 0.5) is 5.69 Å². The first-order valence-electron chi connectivity index (χ1n) is 8.25. The lowest BCUT2D eigenvalue weighted by Gasteiger charge is -2.35. The molecule has 1 aromatic rings. The van der Waals surface area contributed by atoms with Crippen molar-refractivity contribution in [1.29, 1.82) is 0 Å². The number of anilines is 1. The number of benzene rings is 1. The van der Waals surface area contributed by atoms with Crippen molar-refractivity contribution < 1.29 is 18.1 Å². The lowest BCUT2D eigenvalue weighted by atomic mass is 10.2. The van der Waals surface area contributed by atoms with Crippen LogP contribution in [0.1, 0.15) is 6.42 Å². The Labute approximate surface area is 151 Å². The summed E-state index contributed by atoms with van der Waals surface area (Å²) in [6.07, 6.45) is 0.761. The second-order valence-electron chi connectivity index (χ2n) is 6.50. The van der Waals surface area contributed by atoms with Crippen LogP contribution in [0, 0.1) is 0 Å². The van der Waals surface area contributed by atoms with Crippen molar-refractivity contribution in [2.45, 2.75) is 12.5 Å². The van der Waals surface area contributed by atoms with Gasteiger partial charge in [-0.05, 0) is 24.3 Å². The number of hydrogen-bond acceptors (Lipinski definition) is 4. The Hall–Kier alpha value is -1.12. The number of carbonyl (C=O) groups excluding carboxylic acids is 1. The lowest BCUT2D eigenvalue weighted by Crippen LogP contribution is -3.18. The van der Waals surface area contributed by atoms with Gasteiger partial charge in [-0.25, -0.2) is 8.42 Å². The van der Waals surface area contributed by atoms with Crippen LogP contribution in [0.3, 0.4) is 0 Å². The van der Waals surface area contributed by atoms with Gasteiger partial charge in [-0.3, -0.25) is 4.79 Å². The van der Waals surface area contributed by atoms with E-state index in [9.17, 15) is 13.2 Å². The highest BCUT2D eigenvalue weighted by atomic mass is 79.9. The molecule has 2 fully saturated rings. The summed E-state index contributed by atoms with van der Waals surface area (Å²) in [6.45, 7) is 3.36. The van der Waals surface area contributed by atoms with E-state index >= 15 is 0 Å². The molecule has 1 amide bonds. The molecular weight excluding hydrogens is 394 g/mol. The molecule has 0 radical (unpaired) electrons. The van der Waals surface area contributed by atoms with Crippen molar-refractivity contribution in [3.05, 3.63) is 28.7 Å². The number of nitrogens with zero attached hydrogens (tertiary/aromatic N) is 1. The Bertz CT molecular complexity index is 685. The van der Waals surface area contributed by atoms with Gasteiger partial charge in [0.2, 0.25) is 5.91 Å². The van der Waals surface area contributed by atoms with Crippen LogP contribution in [0.5, 0.6) is 0 Å². The summed E-state index contributed by atoms with van der Waals surface area (Å²) in [4.78, 5) is 15.5. The van der Waals surface area contributed by atoms with Gasteiger partial charge in [0, 0.05) is 16.6 Å². The molecular formula is C16H23BrN3O3S+. The van der Waals surface area contributed by atoms with Gasteiger partial charge in [0.25, 0.3) is 0 Å². The smallest absolute Gasteiger partial charge is 0.242 e. The van der Waals surface area contributed by atoms with Gasteiger partial charge in [-0.2, -0.15) is 0 Å². The lowest BCUT2D eigenvalue weighted by molar-refractivity contribution is -0.925. The molecule has 2 heterocycles. The summed E-state index contributed by atoms with van der Waals surface area (Å²) in [5.74, 6) is 0.721. The summed E-state index contributed by atoms with van der Waals surface area (Å²) in [5, 5.41) is 3.15. The molecule has 0 aliphatic carbocycles. The highest BCUT2D eigenvalue weighted by molar-refractivity contribution is 9.10. The molecule has 0 unspecified atom stereocenters. The third kappa shape index (κ3) is 4.49. The maximum absolute atomic E-state index is 12.3. The van der Waals surface area contributed by atoms with Crippen LogP contribution in [-0.2, 0) is 14.6 Å². The molecule has 2 aliphatic rings. The molecule has 6 nitrogen and oxygen atoms in total. The van der Waals surface area contributed by atoms with Crippen molar-refractivity contribution in [1.82, 2.24) is 4.90 Å². The predicted molar refractivity (Wildman–Crippen MR) is 97.0 cm³/mol. The molecule has 0 aromatic heterocycles. The first kappa shape index (κ1) is 17.7. The van der Waals surface area contributed by atoms with E-state index in [0.717, 1.165) is 29.7 Å². The highest BCUT2D eigenvalue weighted by Gasteiger charge is 2.37. The van der Waals surface area contributed by atoms with Crippen LogP contribution < -0.4 is 10.2 Å². The van der Waals surface area contributed by atoms with Crippen molar-refractivity contribution >= 4 is 37.4 Å². The van der Waals surface area contributed by atoms with Gasteiger partial charge in [0.05, 0.1) is 38.5 Å². The van der Waals surface area contributed by atoms with Crippen LogP contribution in [0.25, 0.3) is 0 Å². The topological polar surface area (TPSA) is 70.9 Å². The summed E-state index contributed by atoms with van der Waals surface area (Å²) >= 11 is 3.39. The Morgan fingerprint density at radius 1 is 1.25 bits per heavy atom. The zero-order chi connectivity index (χ0) is 17.2. The standard InChI is InChI=1S/C16H22BrN3O3S/c17-13-1-3-14(4-2-13)18-11-16(21)20-8-6-19(7-9-20)15-5-10-24(22,23)12-15/h1-4,15,18H,5-12H2/p+1/t15-/m1/s1. The van der Waals surface area contributed by atoms with Crippen molar-refractivity contribution in [3.63, 3.8) is 0 Å². The molecule has 0 spiro atoms. The Morgan fingerprint density at radius 3 is 2.50 bits per heavy atom. The fraction of sp³-hybridized carbons (Fsp3) is 0.562. The molecule has 132 valence electrons. The van der Waals surface area contributed by atoms with Crippen molar-refractivity contribution in [3.8, 4) is 0 Å². The van der Waals surface area contributed by atoms with E-state index in [1.807, 2.05) is 29.2 Å². The van der Waals surface area contributed by atoms with E-state index in [4.69, 9.17) is 0 Å². The molecule has 1 aromatic carbocycles. The van der Waals surface area contributed by atoms with Gasteiger partial charge >= 0.3 is 0 Å². The number of carbonyl (C=O) groups is 1. The maximum Gasteiger partial charge on any atom is 0.242 e. The second-order valence-corrected chi connectivity index (χ2v) is 9.64. The Kier molecular flexibility index (Phi) is 5.46. The van der Waals surface area contributed by atoms with Crippen LogP contribution >= 0.6 is 15.9 Å². The van der Waals surface area contributed by atoms with E-state index in [1.165, 1.54) is 4.90 Å². The highest BCUT2D eigenvalue weighted by Crippen LogP contribution is 2.14. The molecule has 2 saturated heterocycles. The minimum Gasteiger partial charge on any atom is -0.376 e. The average Bonchev–Trinajstić information content (AvgIpc) is 2.94. The number of sulfone groups is 1. The van der Waals surface area contributed by atoms with Crippen LogP contribution in [-0.4, -0.2) is 69.5 Å². The molecule has 0 bridgehead atoms. The third-order valence-electron chi connectivity index (χ3n) is 4.86. The van der Waals surface area contributed by atoms with E-state index in [1.54, 1.807) is 0 Å². The fourth-order valence-electron chi connectivity index (χ4n) is 3.43. The fourth-order valence-corrected chi connectivity index (χ4v) is 5.52. The number of hydrogen-bond donors (Lipinski definition) is 2. The van der Waals surface area contributed by atoms with Gasteiger partial charge < -0.3 is 15.1 Å². The quantitative estimate of drug-likeness (QED) is 0.711. The minimum atomic E-state index is -2.83. The summed E-state index contributed by atoms with van der Waals surface area (Å²) in [6, 6.07) is 7.95. The summed E-state index contributed by atoms with van der Waals surface area (Å²) in [7, 11) is -2.83. The first-order valence-corrected chi connectivity index (χ1v) is 10.9. The monoisotopic (exact) mass is 416 g/mol. The van der Waals surface area contributed by atoms with Gasteiger partial charge in [-0.15, -0.1) is 0 Å². The molecule has 8 heteroatoms. The Morgan fingerprint density at radius 2 is 1.92 bits per heavy atom. The number of amides is 1. The van der Waals surface area contributed by atoms with Crippen molar-refractivity contribution in [2.75, 3.05) is 49.5 Å². The molecule has 0 saturated carbocycles. The number of piperazine rings is 1. The van der Waals surface area contributed by atoms with Gasteiger partial charge in [-0.1, -0.05) is 15.9 Å². The second kappa shape index (κ2) is 7.41. The largest absolute Gasteiger partial charge is 0.376 e. The molecule has 24 heavy (non-hydrogen) atoms. The zero-order valence-corrected chi connectivity index (χ0v) is 15.9. The number of quaternary nitrogens is 1. The first-order chi connectivity index (χ1) is 11.4. The van der Waals surface area contributed by atoms with Gasteiger partial charge in [0.1, 0.15) is 11.8 Å². The molecule has 2 aliphatic heterocycles. The zero-order valence-electron chi connectivity index (χ0n) is 13.5. The van der Waals surface area contributed by atoms with Gasteiger partial charge in [0.15, 0.2) is 9.84 Å². The number of nitrogens with one attached hydrogen (secondary N) is 2. The summed E-state index contributed by atoms with van der Waals surface area (Å²) in [5.41, 5.74) is 0.923. The SMILES string of the molecule is O=C(CNc1ccc(Br)cc1)N1CC[NH+]([C@@H]2CCS(=O)(=O)C2)CC1. The van der Waals surface area contributed by atoms with E-state index < -0.39 is 9.84 Å². The van der Waals surface area contributed by atoms with E-state index in [-0.39, 0.29) is 18.5 Å². The van der Waals surface area contributed by atoms with Crippen molar-refractivity contribution in [2.24, 2.45) is 0 Å².